The largest absolute Gasteiger partial charge is 0.490 e. The minimum absolute atomic E-state index is 0.000765. The molecule has 180 valence electrons. The highest BCUT2D eigenvalue weighted by Crippen LogP contribution is 2.40. The number of hydrogen-bond donors (Lipinski definition) is 1. The van der Waals surface area contributed by atoms with E-state index in [1.165, 1.54) is 30.7 Å². The summed E-state index contributed by atoms with van der Waals surface area (Å²) >= 11 is 0. The number of carboxylic acids is 1. The number of amides is 1. The summed E-state index contributed by atoms with van der Waals surface area (Å²) in [5.41, 5.74) is 0.206. The van der Waals surface area contributed by atoms with Gasteiger partial charge in [0.05, 0.1) is 6.61 Å². The van der Waals surface area contributed by atoms with Crippen molar-refractivity contribution in [2.75, 3.05) is 40.5 Å². The third-order valence-electron chi connectivity index (χ3n) is 6.06. The van der Waals surface area contributed by atoms with E-state index in [1.54, 1.807) is 7.11 Å². The Bertz CT molecular complexity index is 764. The predicted molar refractivity (Wildman–Crippen MR) is 107 cm³/mol. The van der Waals surface area contributed by atoms with Gasteiger partial charge in [-0.15, -0.1) is 0 Å². The summed E-state index contributed by atoms with van der Waals surface area (Å²) in [6.45, 7) is 2.29. The Morgan fingerprint density at radius 1 is 1.16 bits per heavy atom. The van der Waals surface area contributed by atoms with E-state index in [0.717, 1.165) is 39.0 Å². The zero-order chi connectivity index (χ0) is 23.9. The number of carbonyl (C=O) groups excluding carboxylic acids is 1. The average molecular weight is 464 g/mol. The Hall–Kier alpha value is -2.40. The standard InChI is InChI=1S/C19H27FN2O3.C2HF3O2/c1-21-16(13-24-2)7-8-19(21)9-11-22(12-10-19)18(23)14-25-17-5-3-15(20)4-6-17;3-2(4,5)1(6)7/h3-6,16H,7-14H2,1-2H3;(H,6,7). The zero-order valence-electron chi connectivity index (χ0n) is 18.0. The Morgan fingerprint density at radius 2 is 1.72 bits per heavy atom. The minimum Gasteiger partial charge on any atom is -0.484 e. The first-order chi connectivity index (χ1) is 15.0. The highest BCUT2D eigenvalue weighted by Gasteiger charge is 2.46. The van der Waals surface area contributed by atoms with Crippen molar-refractivity contribution in [2.24, 2.45) is 0 Å². The van der Waals surface area contributed by atoms with Crippen LogP contribution in [-0.4, -0.2) is 85.0 Å². The van der Waals surface area contributed by atoms with Gasteiger partial charge in [-0.25, -0.2) is 9.18 Å². The molecule has 11 heteroatoms. The molecule has 2 aliphatic rings. The number of likely N-dealkylation sites (N-methyl/N-ethyl adjacent to an activating group) is 1. The molecule has 0 aromatic heterocycles. The SMILES string of the molecule is COCC1CCC2(CCN(C(=O)COc3ccc(F)cc3)CC2)N1C.O=C(O)C(F)(F)F. The predicted octanol–water partition coefficient (Wildman–Crippen LogP) is 2.94. The van der Waals surface area contributed by atoms with E-state index < -0.39 is 12.1 Å². The fourth-order valence-electron chi connectivity index (χ4n) is 4.12. The zero-order valence-corrected chi connectivity index (χ0v) is 18.0. The first-order valence-electron chi connectivity index (χ1n) is 10.2. The number of methoxy groups -OCH3 is 1. The van der Waals surface area contributed by atoms with E-state index in [1.807, 2.05) is 4.90 Å². The van der Waals surface area contributed by atoms with Crippen LogP contribution in [0.5, 0.6) is 5.75 Å². The molecule has 1 unspecified atom stereocenters. The first-order valence-corrected chi connectivity index (χ1v) is 10.2. The second-order valence-electron chi connectivity index (χ2n) is 7.91. The number of alkyl halides is 3. The van der Waals surface area contributed by atoms with Crippen LogP contribution in [-0.2, 0) is 14.3 Å². The number of aliphatic carboxylic acids is 1. The number of rotatable bonds is 5. The van der Waals surface area contributed by atoms with Gasteiger partial charge in [0, 0.05) is 31.8 Å². The normalized spacial score (nSPS) is 20.6. The maximum absolute atomic E-state index is 12.9. The van der Waals surface area contributed by atoms with Crippen LogP contribution < -0.4 is 4.74 Å². The topological polar surface area (TPSA) is 79.3 Å². The lowest BCUT2D eigenvalue weighted by Crippen LogP contribution is -2.54. The van der Waals surface area contributed by atoms with Gasteiger partial charge in [0.1, 0.15) is 11.6 Å². The van der Waals surface area contributed by atoms with Crippen LogP contribution in [0.4, 0.5) is 17.6 Å². The van der Waals surface area contributed by atoms with Crippen molar-refractivity contribution in [2.45, 2.75) is 43.4 Å². The van der Waals surface area contributed by atoms with Gasteiger partial charge >= 0.3 is 12.1 Å². The second kappa shape index (κ2) is 11.0. The van der Waals surface area contributed by atoms with Crippen LogP contribution in [0.2, 0.25) is 0 Å². The number of nitrogens with zero attached hydrogens (tertiary/aromatic N) is 2. The molecule has 1 atom stereocenters. The summed E-state index contributed by atoms with van der Waals surface area (Å²) in [5.74, 6) is -2.56. The van der Waals surface area contributed by atoms with Crippen molar-refractivity contribution in [1.82, 2.24) is 9.80 Å². The Balaban J connectivity index is 0.000000451. The Kier molecular flexibility index (Phi) is 8.85. The summed E-state index contributed by atoms with van der Waals surface area (Å²) in [7, 11) is 3.94. The van der Waals surface area contributed by atoms with Crippen LogP contribution in [0.15, 0.2) is 24.3 Å². The minimum atomic E-state index is -5.08. The van der Waals surface area contributed by atoms with E-state index in [4.69, 9.17) is 19.4 Å². The van der Waals surface area contributed by atoms with Gasteiger partial charge in [0.2, 0.25) is 0 Å². The van der Waals surface area contributed by atoms with Crippen molar-refractivity contribution in [3.05, 3.63) is 30.1 Å². The van der Waals surface area contributed by atoms with Gasteiger partial charge in [-0.3, -0.25) is 9.69 Å². The summed E-state index contributed by atoms with van der Waals surface area (Å²) in [6, 6.07) is 6.22. The van der Waals surface area contributed by atoms with Crippen LogP contribution >= 0.6 is 0 Å². The number of benzene rings is 1. The molecular weight excluding hydrogens is 436 g/mol. The molecule has 7 nitrogen and oxygen atoms in total. The van der Waals surface area contributed by atoms with E-state index in [2.05, 4.69) is 11.9 Å². The van der Waals surface area contributed by atoms with E-state index >= 15 is 0 Å². The molecule has 1 N–H and O–H groups in total. The van der Waals surface area contributed by atoms with Gasteiger partial charge in [-0.05, 0) is 57.0 Å². The highest BCUT2D eigenvalue weighted by atomic mass is 19.4. The molecule has 1 aromatic rings. The van der Waals surface area contributed by atoms with Crippen LogP contribution in [0, 0.1) is 5.82 Å². The molecular formula is C21H28F4N2O5. The van der Waals surface area contributed by atoms with Gasteiger partial charge < -0.3 is 19.5 Å². The summed E-state index contributed by atoms with van der Waals surface area (Å²) in [4.78, 5) is 25.6. The fourth-order valence-corrected chi connectivity index (χ4v) is 4.12. The molecule has 3 rings (SSSR count). The first kappa shape index (κ1) is 25.9. The van der Waals surface area contributed by atoms with Gasteiger partial charge in [0.15, 0.2) is 6.61 Å². The molecule has 2 heterocycles. The lowest BCUT2D eigenvalue weighted by atomic mass is 9.85. The molecule has 1 spiro atoms. The molecule has 2 fully saturated rings. The molecule has 2 saturated heterocycles. The smallest absolute Gasteiger partial charge is 0.484 e. The van der Waals surface area contributed by atoms with Gasteiger partial charge in [-0.2, -0.15) is 13.2 Å². The Labute approximate surface area is 183 Å². The second-order valence-corrected chi connectivity index (χ2v) is 7.91. The van der Waals surface area contributed by atoms with Crippen LogP contribution in [0.3, 0.4) is 0 Å². The highest BCUT2D eigenvalue weighted by molar-refractivity contribution is 5.78. The molecule has 0 saturated carbocycles. The average Bonchev–Trinajstić information content (AvgIpc) is 3.03. The third kappa shape index (κ3) is 6.80. The number of carbonyl (C=O) groups is 2. The molecule has 1 amide bonds. The summed E-state index contributed by atoms with van der Waals surface area (Å²) < 4.78 is 55.4. The maximum atomic E-state index is 12.9. The van der Waals surface area contributed by atoms with Crippen LogP contribution in [0.1, 0.15) is 25.7 Å². The van der Waals surface area contributed by atoms with Crippen LogP contribution in [0.25, 0.3) is 0 Å². The van der Waals surface area contributed by atoms with Crippen molar-refractivity contribution >= 4 is 11.9 Å². The molecule has 0 bridgehead atoms. The lowest BCUT2D eigenvalue weighted by Gasteiger charge is -2.45. The number of hydrogen-bond acceptors (Lipinski definition) is 5. The van der Waals surface area contributed by atoms with E-state index in [0.29, 0.717) is 11.8 Å². The Morgan fingerprint density at radius 3 is 2.22 bits per heavy atom. The molecule has 32 heavy (non-hydrogen) atoms. The molecule has 0 radical (unpaired) electrons. The van der Waals surface area contributed by atoms with E-state index in [9.17, 15) is 22.4 Å². The fraction of sp³-hybridized carbons (Fsp3) is 0.619. The van der Waals surface area contributed by atoms with Gasteiger partial charge in [-0.1, -0.05) is 0 Å². The third-order valence-corrected chi connectivity index (χ3v) is 6.06. The number of likely N-dealkylation sites (tertiary alicyclic amines) is 2. The molecule has 2 aliphatic heterocycles. The lowest BCUT2D eigenvalue weighted by molar-refractivity contribution is -0.192. The van der Waals surface area contributed by atoms with Crippen molar-refractivity contribution < 1.29 is 41.7 Å². The molecule has 0 aliphatic carbocycles. The molecule has 1 aromatic carbocycles. The number of halogens is 4. The van der Waals surface area contributed by atoms with Crippen molar-refractivity contribution in [3.8, 4) is 5.75 Å². The van der Waals surface area contributed by atoms with E-state index in [-0.39, 0.29) is 23.9 Å². The number of ether oxygens (including phenoxy) is 2. The summed E-state index contributed by atoms with van der Waals surface area (Å²) in [5, 5.41) is 7.12. The van der Waals surface area contributed by atoms with Gasteiger partial charge in [0.25, 0.3) is 5.91 Å². The number of carboxylic acid groups (broad SMARTS) is 1. The van der Waals surface area contributed by atoms with Crippen molar-refractivity contribution in [3.63, 3.8) is 0 Å². The maximum Gasteiger partial charge on any atom is 0.490 e. The quantitative estimate of drug-likeness (QED) is 0.676. The summed E-state index contributed by atoms with van der Waals surface area (Å²) in [6.07, 6.45) is -0.768. The van der Waals surface area contributed by atoms with Crippen molar-refractivity contribution in [1.29, 1.82) is 0 Å². The number of piperidine rings is 1. The monoisotopic (exact) mass is 464 g/mol.